The maximum atomic E-state index is 4.73. The number of anilines is 1. The Labute approximate surface area is 125 Å². The molecule has 2 aromatic heterocycles. The van der Waals surface area contributed by atoms with E-state index in [1.165, 1.54) is 32.1 Å². The number of hydrogen-bond donors (Lipinski definition) is 1. The molecule has 0 atom stereocenters. The molecule has 3 heterocycles. The van der Waals surface area contributed by atoms with Crippen LogP contribution in [-0.2, 0) is 0 Å². The highest BCUT2D eigenvalue weighted by molar-refractivity contribution is 5.70. The molecular weight excluding hydrogens is 262 g/mol. The van der Waals surface area contributed by atoms with Crippen LogP contribution in [0.25, 0.3) is 5.52 Å². The van der Waals surface area contributed by atoms with Crippen molar-refractivity contribution < 1.29 is 0 Å². The Morgan fingerprint density at radius 1 is 1.24 bits per heavy atom. The first-order chi connectivity index (χ1) is 10.3. The molecule has 0 unspecified atom stereocenters. The fourth-order valence-electron chi connectivity index (χ4n) is 4.07. The third kappa shape index (κ3) is 2.11. The maximum Gasteiger partial charge on any atom is 0.155 e. The summed E-state index contributed by atoms with van der Waals surface area (Å²) in [5.41, 5.74) is 2.45. The molecule has 0 bridgehead atoms. The van der Waals surface area contributed by atoms with Crippen LogP contribution in [0.5, 0.6) is 0 Å². The Bertz CT molecular complexity index is 633. The smallest absolute Gasteiger partial charge is 0.155 e. The molecule has 112 valence electrons. The predicted molar refractivity (Wildman–Crippen MR) is 83.8 cm³/mol. The average Bonchev–Trinajstić information content (AvgIpc) is 2.89. The molecule has 5 heteroatoms. The van der Waals surface area contributed by atoms with Gasteiger partial charge in [-0.15, -0.1) is 0 Å². The molecule has 1 aliphatic heterocycles. The minimum Gasteiger partial charge on any atom is -0.347 e. The normalized spacial score (nSPS) is 22.0. The highest BCUT2D eigenvalue weighted by Crippen LogP contribution is 2.38. The molecule has 1 aliphatic carbocycles. The largest absolute Gasteiger partial charge is 0.347 e. The summed E-state index contributed by atoms with van der Waals surface area (Å²) in [4.78, 5) is 7.30. The molecule has 1 N–H and O–H groups in total. The molecule has 0 aromatic carbocycles. The first kappa shape index (κ1) is 13.1. The van der Waals surface area contributed by atoms with E-state index in [9.17, 15) is 0 Å². The summed E-state index contributed by atoms with van der Waals surface area (Å²) < 4.78 is 1.97. The van der Waals surface area contributed by atoms with Crippen molar-refractivity contribution in [1.29, 1.82) is 0 Å². The van der Waals surface area contributed by atoms with Gasteiger partial charge in [0.15, 0.2) is 5.82 Å². The van der Waals surface area contributed by atoms with Crippen molar-refractivity contribution in [1.82, 2.24) is 19.9 Å². The Kier molecular flexibility index (Phi) is 3.10. The van der Waals surface area contributed by atoms with E-state index in [2.05, 4.69) is 21.4 Å². The topological polar surface area (TPSA) is 45.5 Å². The van der Waals surface area contributed by atoms with Crippen LogP contribution in [0.2, 0.25) is 0 Å². The van der Waals surface area contributed by atoms with Crippen LogP contribution in [0.15, 0.2) is 18.5 Å². The van der Waals surface area contributed by atoms with E-state index in [1.54, 1.807) is 0 Å². The lowest BCUT2D eigenvalue weighted by atomic mass is 9.79. The van der Waals surface area contributed by atoms with Gasteiger partial charge in [-0.2, -0.15) is 5.10 Å². The van der Waals surface area contributed by atoms with Gasteiger partial charge in [-0.05, 0) is 25.8 Å². The highest BCUT2D eigenvalue weighted by Gasteiger charge is 2.41. The van der Waals surface area contributed by atoms with Crippen LogP contribution >= 0.6 is 0 Å². The van der Waals surface area contributed by atoms with E-state index >= 15 is 0 Å². The van der Waals surface area contributed by atoms with Crippen LogP contribution in [0, 0.1) is 6.92 Å². The Hall–Kier alpha value is -1.62. The molecule has 21 heavy (non-hydrogen) atoms. The summed E-state index contributed by atoms with van der Waals surface area (Å²) in [6.45, 7) is 5.21. The summed E-state index contributed by atoms with van der Waals surface area (Å²) in [5, 5.41) is 8.14. The van der Waals surface area contributed by atoms with E-state index in [0.717, 1.165) is 36.7 Å². The zero-order valence-corrected chi connectivity index (χ0v) is 12.7. The minimum absolute atomic E-state index is 0.253. The zero-order valence-electron chi connectivity index (χ0n) is 12.7. The van der Waals surface area contributed by atoms with Gasteiger partial charge in [-0.3, -0.25) is 0 Å². The summed E-state index contributed by atoms with van der Waals surface area (Å²) in [5.74, 6) is 1.11. The van der Waals surface area contributed by atoms with Crippen LogP contribution in [0.1, 0.15) is 37.8 Å². The third-order valence-electron chi connectivity index (χ3n) is 5.07. The van der Waals surface area contributed by atoms with Gasteiger partial charge in [0, 0.05) is 32.0 Å². The quantitative estimate of drug-likeness (QED) is 0.872. The molecule has 0 radical (unpaired) electrons. The molecule has 5 nitrogen and oxygen atoms in total. The molecule has 0 amide bonds. The zero-order chi connectivity index (χ0) is 14.3. The fourth-order valence-corrected chi connectivity index (χ4v) is 4.07. The van der Waals surface area contributed by atoms with Gasteiger partial charge in [-0.25, -0.2) is 9.50 Å². The SMILES string of the molecule is Cc1cc2c(N3CCNCC34CCCCC4)nccn2n1. The number of nitrogens with zero attached hydrogens (tertiary/aromatic N) is 4. The molecule has 2 aliphatic rings. The first-order valence-electron chi connectivity index (χ1n) is 8.08. The second-order valence-electron chi connectivity index (χ2n) is 6.48. The van der Waals surface area contributed by atoms with Crippen LogP contribution in [-0.4, -0.2) is 39.8 Å². The average molecular weight is 285 g/mol. The molecule has 1 saturated heterocycles. The first-order valence-corrected chi connectivity index (χ1v) is 8.08. The van der Waals surface area contributed by atoms with Gasteiger partial charge in [-0.1, -0.05) is 19.3 Å². The molecule has 1 saturated carbocycles. The van der Waals surface area contributed by atoms with Crippen LogP contribution in [0.3, 0.4) is 0 Å². The summed E-state index contributed by atoms with van der Waals surface area (Å²) in [7, 11) is 0. The van der Waals surface area contributed by atoms with Crippen molar-refractivity contribution in [3.05, 3.63) is 24.2 Å². The standard InChI is InChI=1S/C16H23N5/c1-13-11-14-15(18-8-10-21(14)19-13)20-9-7-17-12-16(20)5-3-2-4-6-16/h8,10-11,17H,2-7,9,12H2,1H3. The molecular formula is C16H23N5. The lowest BCUT2D eigenvalue weighted by Crippen LogP contribution is -2.62. The summed E-state index contributed by atoms with van der Waals surface area (Å²) >= 11 is 0. The van der Waals surface area contributed by atoms with E-state index in [4.69, 9.17) is 4.98 Å². The number of nitrogens with one attached hydrogen (secondary N) is 1. The van der Waals surface area contributed by atoms with Gasteiger partial charge >= 0.3 is 0 Å². The molecule has 4 rings (SSSR count). The van der Waals surface area contributed by atoms with E-state index in [-0.39, 0.29) is 5.54 Å². The van der Waals surface area contributed by atoms with Crippen molar-refractivity contribution in [2.45, 2.75) is 44.6 Å². The lowest BCUT2D eigenvalue weighted by Gasteiger charge is -2.50. The van der Waals surface area contributed by atoms with Gasteiger partial charge in [0.05, 0.1) is 11.2 Å². The van der Waals surface area contributed by atoms with E-state index in [0.29, 0.717) is 0 Å². The number of fused-ring (bicyclic) bond motifs is 1. The molecule has 1 spiro atoms. The minimum atomic E-state index is 0.253. The monoisotopic (exact) mass is 285 g/mol. The highest BCUT2D eigenvalue weighted by atomic mass is 15.3. The van der Waals surface area contributed by atoms with Crippen LogP contribution in [0.4, 0.5) is 5.82 Å². The number of piperazine rings is 1. The second-order valence-corrected chi connectivity index (χ2v) is 6.48. The second kappa shape index (κ2) is 4.98. The van der Waals surface area contributed by atoms with E-state index < -0.39 is 0 Å². The Balaban J connectivity index is 1.81. The van der Waals surface area contributed by atoms with Crippen molar-refractivity contribution in [3.63, 3.8) is 0 Å². The third-order valence-corrected chi connectivity index (χ3v) is 5.07. The number of hydrogen-bond acceptors (Lipinski definition) is 4. The van der Waals surface area contributed by atoms with Gasteiger partial charge in [0.1, 0.15) is 5.52 Å². The van der Waals surface area contributed by atoms with Crippen molar-refractivity contribution in [3.8, 4) is 0 Å². The van der Waals surface area contributed by atoms with E-state index in [1.807, 2.05) is 23.8 Å². The molecule has 2 fully saturated rings. The number of aryl methyl sites for hydroxylation is 1. The van der Waals surface area contributed by atoms with Crippen molar-refractivity contribution in [2.75, 3.05) is 24.5 Å². The predicted octanol–water partition coefficient (Wildman–Crippen LogP) is 2.15. The lowest BCUT2D eigenvalue weighted by molar-refractivity contribution is 0.240. The van der Waals surface area contributed by atoms with Gasteiger partial charge in [0.2, 0.25) is 0 Å². The fraction of sp³-hybridized carbons (Fsp3) is 0.625. The van der Waals surface area contributed by atoms with Gasteiger partial charge in [0.25, 0.3) is 0 Å². The number of aromatic nitrogens is 3. The van der Waals surface area contributed by atoms with Crippen molar-refractivity contribution in [2.24, 2.45) is 0 Å². The molecule has 2 aromatic rings. The summed E-state index contributed by atoms with van der Waals surface area (Å²) in [6.07, 6.45) is 10.4. The van der Waals surface area contributed by atoms with Crippen molar-refractivity contribution >= 4 is 11.3 Å². The Morgan fingerprint density at radius 2 is 2.10 bits per heavy atom. The maximum absolute atomic E-state index is 4.73. The summed E-state index contributed by atoms with van der Waals surface area (Å²) in [6, 6.07) is 2.15. The van der Waals surface area contributed by atoms with Crippen LogP contribution < -0.4 is 10.2 Å². The Morgan fingerprint density at radius 3 is 2.95 bits per heavy atom. The van der Waals surface area contributed by atoms with Gasteiger partial charge < -0.3 is 10.2 Å². The number of rotatable bonds is 1.